The van der Waals surface area contributed by atoms with Crippen molar-refractivity contribution in [1.82, 2.24) is 20.9 Å². The molecule has 5 N–H and O–H groups in total. The second-order valence-electron chi connectivity index (χ2n) is 12.9. The van der Waals surface area contributed by atoms with Crippen molar-refractivity contribution in [3.63, 3.8) is 0 Å². The van der Waals surface area contributed by atoms with Gasteiger partial charge in [-0.15, -0.1) is 0 Å². The minimum Gasteiger partial charge on any atom is -0.497 e. The van der Waals surface area contributed by atoms with Crippen LogP contribution in [0.3, 0.4) is 0 Å². The van der Waals surface area contributed by atoms with Crippen LogP contribution >= 0.6 is 0 Å². The molecule has 10 nitrogen and oxygen atoms in total. The van der Waals surface area contributed by atoms with Crippen LogP contribution in [0.4, 0.5) is 0 Å². The van der Waals surface area contributed by atoms with Crippen LogP contribution in [-0.2, 0) is 33.8 Å². The van der Waals surface area contributed by atoms with E-state index in [9.17, 15) is 24.6 Å². The van der Waals surface area contributed by atoms with Crippen molar-refractivity contribution in [2.45, 2.75) is 82.6 Å². The zero-order valence-corrected chi connectivity index (χ0v) is 28.9. The zero-order chi connectivity index (χ0) is 35.2. The first-order valence-electron chi connectivity index (χ1n) is 17.3. The lowest BCUT2D eigenvalue weighted by atomic mass is 9.81. The number of aliphatic hydroxyl groups is 2. The summed E-state index contributed by atoms with van der Waals surface area (Å²) < 4.78 is 5.33. The molecule has 1 saturated heterocycles. The van der Waals surface area contributed by atoms with Crippen LogP contribution in [0, 0.1) is 5.92 Å². The van der Waals surface area contributed by atoms with Crippen molar-refractivity contribution in [3.8, 4) is 5.75 Å². The fraction of sp³-hybridized carbons (Fsp3) is 0.462. The van der Waals surface area contributed by atoms with Gasteiger partial charge in [0.15, 0.2) is 0 Å². The van der Waals surface area contributed by atoms with E-state index in [0.29, 0.717) is 45.2 Å². The van der Waals surface area contributed by atoms with Gasteiger partial charge in [-0.05, 0) is 60.4 Å². The summed E-state index contributed by atoms with van der Waals surface area (Å²) in [6, 6.07) is 25.7. The van der Waals surface area contributed by atoms with Gasteiger partial charge in [0.2, 0.25) is 17.7 Å². The van der Waals surface area contributed by atoms with Gasteiger partial charge in [0.05, 0.1) is 25.9 Å². The Bertz CT molecular complexity index is 1490. The molecule has 0 bridgehead atoms. The Hall–Kier alpha value is -4.25. The summed E-state index contributed by atoms with van der Waals surface area (Å²) in [6.07, 6.45) is 1.28. The Morgan fingerprint density at radius 3 is 2.31 bits per heavy atom. The van der Waals surface area contributed by atoms with Crippen LogP contribution in [0.1, 0.15) is 56.2 Å². The second-order valence-corrected chi connectivity index (χ2v) is 12.9. The number of aliphatic hydroxyl groups excluding tert-OH is 2. The number of benzene rings is 3. The van der Waals surface area contributed by atoms with E-state index >= 15 is 0 Å². The molecule has 0 radical (unpaired) electrons. The molecule has 3 amide bonds. The molecule has 1 aliphatic heterocycles. The van der Waals surface area contributed by atoms with Crippen LogP contribution in [0.5, 0.6) is 5.75 Å². The summed E-state index contributed by atoms with van der Waals surface area (Å²) in [7, 11) is 1.62. The van der Waals surface area contributed by atoms with Crippen LogP contribution in [0.2, 0.25) is 0 Å². The van der Waals surface area contributed by atoms with E-state index in [4.69, 9.17) is 4.74 Å². The number of ether oxygens (including phenoxy) is 1. The topological polar surface area (TPSA) is 140 Å². The molecule has 5 atom stereocenters. The smallest absolute Gasteiger partial charge is 0.249 e. The fourth-order valence-electron chi connectivity index (χ4n) is 6.61. The van der Waals surface area contributed by atoms with Crippen LogP contribution in [0.15, 0.2) is 84.9 Å². The molecule has 1 heterocycles. The van der Waals surface area contributed by atoms with Gasteiger partial charge >= 0.3 is 0 Å². The first-order valence-corrected chi connectivity index (χ1v) is 17.3. The normalized spacial score (nSPS) is 18.4. The van der Waals surface area contributed by atoms with Crippen molar-refractivity contribution in [2.24, 2.45) is 5.92 Å². The van der Waals surface area contributed by atoms with Gasteiger partial charge in [-0.3, -0.25) is 14.4 Å². The predicted molar refractivity (Wildman–Crippen MR) is 190 cm³/mol. The first-order chi connectivity index (χ1) is 23.7. The number of aryl methyl sites for hydroxylation is 1. The highest BCUT2D eigenvalue weighted by Gasteiger charge is 2.53. The molecule has 10 heteroatoms. The Morgan fingerprint density at radius 2 is 1.65 bits per heavy atom. The lowest BCUT2D eigenvalue weighted by Gasteiger charge is -2.36. The number of amides is 3. The van der Waals surface area contributed by atoms with E-state index in [2.05, 4.69) is 16.0 Å². The summed E-state index contributed by atoms with van der Waals surface area (Å²) in [5, 5.41) is 30.3. The number of methoxy groups -OCH3 is 1. The third-order valence-corrected chi connectivity index (χ3v) is 9.68. The molecule has 3 aromatic carbocycles. The highest BCUT2D eigenvalue weighted by Crippen LogP contribution is 2.34. The van der Waals surface area contributed by atoms with Gasteiger partial charge in [0.1, 0.15) is 17.3 Å². The highest BCUT2D eigenvalue weighted by atomic mass is 16.5. The Kier molecular flexibility index (Phi) is 14.2. The minimum absolute atomic E-state index is 0.103. The fourth-order valence-corrected chi connectivity index (χ4v) is 6.61. The largest absolute Gasteiger partial charge is 0.497 e. The van der Waals surface area contributed by atoms with Crippen molar-refractivity contribution >= 4 is 17.7 Å². The van der Waals surface area contributed by atoms with Crippen LogP contribution in [-0.4, -0.2) is 83.4 Å². The molecule has 1 aliphatic rings. The number of nitrogens with one attached hydrogen (secondary N) is 3. The number of nitrogens with zero attached hydrogens (tertiary/aromatic N) is 1. The van der Waals surface area contributed by atoms with Gasteiger partial charge in [0.25, 0.3) is 0 Å². The SMILES string of the molecule is CC[C@H](C)C1(NC(=O)CCO)CCN([C@@H](CCc2ccccc2)C(=O)N[C@@H](Cc2ccccc2)[C@H](O)CNCc2cccc(OC)c2)C1=O. The zero-order valence-electron chi connectivity index (χ0n) is 28.9. The Morgan fingerprint density at radius 1 is 0.980 bits per heavy atom. The van der Waals surface area contributed by atoms with E-state index in [0.717, 1.165) is 22.4 Å². The number of carbonyl (C=O) groups excluding carboxylic acids is 3. The molecule has 49 heavy (non-hydrogen) atoms. The molecule has 0 aromatic heterocycles. The molecule has 0 aliphatic carbocycles. The molecule has 1 fully saturated rings. The summed E-state index contributed by atoms with van der Waals surface area (Å²) in [6.45, 7) is 4.61. The van der Waals surface area contributed by atoms with Gasteiger partial charge in [0, 0.05) is 26.1 Å². The quantitative estimate of drug-likeness (QED) is 0.132. The maximum absolute atomic E-state index is 14.4. The Labute approximate surface area is 290 Å². The standard InChI is InChI=1S/C39H52N4O6/c1-4-28(2)39(42-36(46)20-23-44)21-22-43(38(39)48)34(19-18-29-12-7-5-8-13-29)37(47)41-33(25-30-14-9-6-10-15-30)35(45)27-40-26-31-16-11-17-32(24-31)49-3/h5-17,24,28,33-35,40,44-45H,4,18-23,25-27H2,1-3H3,(H,41,47)(H,42,46)/t28-,33-,34-,35+,39?/m0/s1. The average molecular weight is 673 g/mol. The minimum atomic E-state index is -1.17. The lowest BCUT2D eigenvalue weighted by molar-refractivity contribution is -0.144. The van der Waals surface area contributed by atoms with Crippen molar-refractivity contribution in [2.75, 3.05) is 26.8 Å². The average Bonchev–Trinajstić information content (AvgIpc) is 3.44. The van der Waals surface area contributed by atoms with E-state index < -0.39 is 29.6 Å². The number of likely N-dealkylation sites (tertiary alicyclic amines) is 1. The number of hydrogen-bond donors (Lipinski definition) is 5. The van der Waals surface area contributed by atoms with Crippen molar-refractivity contribution < 1.29 is 29.3 Å². The van der Waals surface area contributed by atoms with Gasteiger partial charge in [-0.25, -0.2) is 0 Å². The van der Waals surface area contributed by atoms with Crippen LogP contribution < -0.4 is 20.7 Å². The third kappa shape index (κ3) is 10.1. The summed E-state index contributed by atoms with van der Waals surface area (Å²) in [4.78, 5) is 43.1. The van der Waals surface area contributed by atoms with Gasteiger partial charge in [-0.2, -0.15) is 0 Å². The molecular weight excluding hydrogens is 620 g/mol. The van der Waals surface area contributed by atoms with Gasteiger partial charge in [-0.1, -0.05) is 93.1 Å². The molecule has 1 unspecified atom stereocenters. The van der Waals surface area contributed by atoms with Crippen molar-refractivity contribution in [1.29, 1.82) is 0 Å². The molecule has 4 rings (SSSR count). The number of rotatable bonds is 19. The number of carbonyl (C=O) groups is 3. The van der Waals surface area contributed by atoms with Gasteiger partial charge < -0.3 is 35.8 Å². The highest BCUT2D eigenvalue weighted by molar-refractivity contribution is 5.97. The number of hydrogen-bond acceptors (Lipinski definition) is 7. The molecule has 3 aromatic rings. The summed E-state index contributed by atoms with van der Waals surface area (Å²) in [5.74, 6) is -0.470. The molecule has 0 saturated carbocycles. The molecular formula is C39H52N4O6. The van der Waals surface area contributed by atoms with Crippen LogP contribution in [0.25, 0.3) is 0 Å². The lowest BCUT2D eigenvalue weighted by Crippen LogP contribution is -2.61. The molecule has 264 valence electrons. The first kappa shape index (κ1) is 37.6. The maximum Gasteiger partial charge on any atom is 0.249 e. The third-order valence-electron chi connectivity index (χ3n) is 9.68. The van der Waals surface area contributed by atoms with E-state index in [1.807, 2.05) is 98.8 Å². The maximum atomic E-state index is 14.4. The van der Waals surface area contributed by atoms with E-state index in [1.54, 1.807) is 12.0 Å². The van der Waals surface area contributed by atoms with E-state index in [1.165, 1.54) is 0 Å². The Balaban J connectivity index is 1.57. The van der Waals surface area contributed by atoms with Crippen molar-refractivity contribution in [3.05, 3.63) is 102 Å². The van der Waals surface area contributed by atoms with E-state index in [-0.39, 0.29) is 37.3 Å². The second kappa shape index (κ2) is 18.5. The molecule has 0 spiro atoms. The summed E-state index contributed by atoms with van der Waals surface area (Å²) >= 11 is 0. The predicted octanol–water partition coefficient (Wildman–Crippen LogP) is 3.39. The monoisotopic (exact) mass is 672 g/mol. The summed E-state index contributed by atoms with van der Waals surface area (Å²) in [5.41, 5.74) is 1.83.